The summed E-state index contributed by atoms with van der Waals surface area (Å²) in [6.07, 6.45) is 2.53. The third-order valence-electron chi connectivity index (χ3n) is 5.07. The van der Waals surface area contributed by atoms with Gasteiger partial charge in [0.1, 0.15) is 0 Å². The van der Waals surface area contributed by atoms with Crippen molar-refractivity contribution in [3.63, 3.8) is 0 Å². The predicted molar refractivity (Wildman–Crippen MR) is 95.9 cm³/mol. The van der Waals surface area contributed by atoms with Gasteiger partial charge >= 0.3 is 0 Å². The maximum absolute atomic E-state index is 12.9. The fraction of sp³-hybridized carbons (Fsp3) is 0.316. The van der Waals surface area contributed by atoms with Crippen LogP contribution in [0.5, 0.6) is 0 Å². The van der Waals surface area contributed by atoms with Gasteiger partial charge in [-0.1, -0.05) is 30.3 Å². The van der Waals surface area contributed by atoms with E-state index in [0.717, 1.165) is 5.56 Å². The first kappa shape index (κ1) is 16.5. The number of nitrogens with zero attached hydrogens (tertiary/aromatic N) is 2. The number of aromatic nitrogens is 3. The Morgan fingerprint density at radius 3 is 2.77 bits per heavy atom. The van der Waals surface area contributed by atoms with Gasteiger partial charge in [-0.05, 0) is 31.2 Å². The van der Waals surface area contributed by atoms with E-state index in [4.69, 9.17) is 0 Å². The highest BCUT2D eigenvalue weighted by Crippen LogP contribution is 2.38. The largest absolute Gasteiger partial charge is 0.393 e. The lowest BCUT2D eigenvalue weighted by Crippen LogP contribution is -2.41. The molecule has 2 heterocycles. The van der Waals surface area contributed by atoms with Crippen molar-refractivity contribution in [3.05, 3.63) is 69.8 Å². The van der Waals surface area contributed by atoms with Crippen LogP contribution in [0.2, 0.25) is 0 Å². The molecule has 4 rings (SSSR count). The van der Waals surface area contributed by atoms with Crippen LogP contribution in [-0.2, 0) is 0 Å². The third-order valence-corrected chi connectivity index (χ3v) is 5.07. The molecule has 1 aliphatic carbocycles. The molecular weight excluding hydrogens is 332 g/mol. The van der Waals surface area contributed by atoms with Crippen LogP contribution < -0.4 is 10.9 Å². The number of aliphatic hydroxyl groups is 1. The van der Waals surface area contributed by atoms with Gasteiger partial charge in [0.2, 0.25) is 0 Å². The SMILES string of the molecule is Cc1c(C(=O)N[C@@H](c2ccccc2)C2CC(O)C2)cnc2cc(=O)[nH]n12. The fourth-order valence-corrected chi connectivity index (χ4v) is 3.55. The zero-order valence-electron chi connectivity index (χ0n) is 14.3. The van der Waals surface area contributed by atoms with Gasteiger partial charge in [-0.3, -0.25) is 14.7 Å². The summed E-state index contributed by atoms with van der Waals surface area (Å²) in [6, 6.07) is 11.0. The minimum atomic E-state index is -0.298. The van der Waals surface area contributed by atoms with Crippen LogP contribution in [0, 0.1) is 12.8 Å². The van der Waals surface area contributed by atoms with E-state index in [1.54, 1.807) is 6.92 Å². The van der Waals surface area contributed by atoms with Gasteiger partial charge in [0.05, 0.1) is 23.4 Å². The van der Waals surface area contributed by atoms with E-state index in [9.17, 15) is 14.7 Å². The second-order valence-electron chi connectivity index (χ2n) is 6.82. The Bertz CT molecular complexity index is 1000. The van der Waals surface area contributed by atoms with Crippen molar-refractivity contribution >= 4 is 11.6 Å². The summed E-state index contributed by atoms with van der Waals surface area (Å²) in [4.78, 5) is 28.6. The Morgan fingerprint density at radius 2 is 2.08 bits per heavy atom. The summed E-state index contributed by atoms with van der Waals surface area (Å²) < 4.78 is 1.52. The van der Waals surface area contributed by atoms with E-state index in [-0.39, 0.29) is 29.5 Å². The molecule has 1 saturated carbocycles. The van der Waals surface area contributed by atoms with E-state index in [2.05, 4.69) is 15.4 Å². The topological polar surface area (TPSA) is 99.5 Å². The molecule has 3 N–H and O–H groups in total. The quantitative estimate of drug-likeness (QED) is 0.664. The molecule has 1 aliphatic rings. The van der Waals surface area contributed by atoms with Crippen molar-refractivity contribution in [1.82, 2.24) is 19.9 Å². The lowest BCUT2D eigenvalue weighted by Gasteiger charge is -2.38. The number of rotatable bonds is 4. The van der Waals surface area contributed by atoms with Crippen LogP contribution in [0.1, 0.15) is 40.5 Å². The summed E-state index contributed by atoms with van der Waals surface area (Å²) in [5.74, 6) is -0.0542. The molecule has 7 nitrogen and oxygen atoms in total. The van der Waals surface area contributed by atoms with Crippen LogP contribution >= 0.6 is 0 Å². The molecule has 134 valence electrons. The third kappa shape index (κ3) is 2.90. The number of fused-ring (bicyclic) bond motifs is 1. The normalized spacial score (nSPS) is 20.5. The second kappa shape index (κ2) is 6.42. The summed E-state index contributed by atoms with van der Waals surface area (Å²) >= 11 is 0. The van der Waals surface area contributed by atoms with Gasteiger partial charge in [0.15, 0.2) is 5.65 Å². The number of aryl methyl sites for hydroxylation is 1. The van der Waals surface area contributed by atoms with E-state index in [1.807, 2.05) is 30.3 Å². The van der Waals surface area contributed by atoms with Crippen LogP contribution in [0.15, 0.2) is 47.4 Å². The first-order valence-electron chi connectivity index (χ1n) is 8.64. The van der Waals surface area contributed by atoms with Gasteiger partial charge in [0.25, 0.3) is 11.5 Å². The van der Waals surface area contributed by atoms with E-state index < -0.39 is 0 Å². The van der Waals surface area contributed by atoms with Gasteiger partial charge in [0, 0.05) is 12.3 Å². The molecule has 0 unspecified atom stereocenters. The number of hydrogen-bond acceptors (Lipinski definition) is 4. The predicted octanol–water partition coefficient (Wildman–Crippen LogP) is 1.57. The number of nitrogens with one attached hydrogen (secondary N) is 2. The van der Waals surface area contributed by atoms with Crippen molar-refractivity contribution in [3.8, 4) is 0 Å². The number of carbonyl (C=O) groups excluding carboxylic acids is 1. The highest BCUT2D eigenvalue weighted by molar-refractivity contribution is 5.95. The maximum Gasteiger partial charge on any atom is 0.266 e. The molecular formula is C19H20N4O3. The monoisotopic (exact) mass is 352 g/mol. The Morgan fingerprint density at radius 1 is 1.35 bits per heavy atom. The molecule has 1 atom stereocenters. The van der Waals surface area contributed by atoms with Crippen molar-refractivity contribution in [1.29, 1.82) is 0 Å². The molecule has 0 radical (unpaired) electrons. The average molecular weight is 352 g/mol. The number of hydrogen-bond donors (Lipinski definition) is 3. The highest BCUT2D eigenvalue weighted by atomic mass is 16.3. The molecule has 1 aromatic carbocycles. The van der Waals surface area contributed by atoms with Gasteiger partial charge in [-0.15, -0.1) is 0 Å². The second-order valence-corrected chi connectivity index (χ2v) is 6.82. The standard InChI is InChI=1S/C19H20N4O3/c1-11-15(10-20-16-9-17(25)22-23(11)16)19(26)21-18(13-7-14(24)8-13)12-5-3-2-4-6-12/h2-6,9-10,13-14,18,24H,7-8H2,1H3,(H,21,26)(H,22,25)/t13?,14?,18-/m0/s1. The Labute approximate surface area is 149 Å². The van der Waals surface area contributed by atoms with Crippen molar-refractivity contribution < 1.29 is 9.90 Å². The van der Waals surface area contributed by atoms with Crippen LogP contribution in [0.25, 0.3) is 5.65 Å². The minimum Gasteiger partial charge on any atom is -0.393 e. The maximum atomic E-state index is 12.9. The number of carbonyl (C=O) groups is 1. The minimum absolute atomic E-state index is 0.175. The average Bonchev–Trinajstić information content (AvgIpc) is 2.99. The van der Waals surface area contributed by atoms with E-state index >= 15 is 0 Å². The Hall–Kier alpha value is -2.93. The van der Waals surface area contributed by atoms with Gasteiger partial charge in [-0.25, -0.2) is 9.50 Å². The zero-order chi connectivity index (χ0) is 18.3. The molecule has 0 spiro atoms. The molecule has 1 fully saturated rings. The van der Waals surface area contributed by atoms with E-state index in [1.165, 1.54) is 16.8 Å². The number of amides is 1. The molecule has 0 bridgehead atoms. The van der Waals surface area contributed by atoms with Crippen molar-refractivity contribution in [2.45, 2.75) is 31.9 Å². The smallest absolute Gasteiger partial charge is 0.266 e. The van der Waals surface area contributed by atoms with Crippen LogP contribution in [0.4, 0.5) is 0 Å². The Kier molecular flexibility index (Phi) is 4.08. The molecule has 3 aromatic rings. The summed E-state index contributed by atoms with van der Waals surface area (Å²) in [5.41, 5.74) is 2.26. The molecule has 26 heavy (non-hydrogen) atoms. The lowest BCUT2D eigenvalue weighted by atomic mass is 9.75. The van der Waals surface area contributed by atoms with E-state index in [0.29, 0.717) is 29.7 Å². The van der Waals surface area contributed by atoms with Gasteiger partial charge in [-0.2, -0.15) is 0 Å². The molecule has 1 amide bonds. The number of aliphatic hydroxyl groups excluding tert-OH is 1. The van der Waals surface area contributed by atoms with Crippen LogP contribution in [-0.4, -0.2) is 31.7 Å². The fourth-order valence-electron chi connectivity index (χ4n) is 3.55. The van der Waals surface area contributed by atoms with Crippen LogP contribution in [0.3, 0.4) is 0 Å². The lowest BCUT2D eigenvalue weighted by molar-refractivity contribution is 0.0235. The summed E-state index contributed by atoms with van der Waals surface area (Å²) in [6.45, 7) is 1.77. The first-order chi connectivity index (χ1) is 12.5. The molecule has 2 aromatic heterocycles. The molecule has 7 heteroatoms. The van der Waals surface area contributed by atoms with Gasteiger partial charge < -0.3 is 10.4 Å². The first-order valence-corrected chi connectivity index (χ1v) is 8.64. The Balaban J connectivity index is 1.64. The number of H-pyrrole nitrogens is 1. The molecule has 0 saturated heterocycles. The zero-order valence-corrected chi connectivity index (χ0v) is 14.3. The number of benzene rings is 1. The highest BCUT2D eigenvalue weighted by Gasteiger charge is 2.36. The summed E-state index contributed by atoms with van der Waals surface area (Å²) in [5, 5.41) is 15.4. The van der Waals surface area contributed by atoms with Crippen molar-refractivity contribution in [2.75, 3.05) is 0 Å². The number of aromatic amines is 1. The summed E-state index contributed by atoms with van der Waals surface area (Å²) in [7, 11) is 0. The molecule has 0 aliphatic heterocycles. The van der Waals surface area contributed by atoms with Crippen molar-refractivity contribution in [2.24, 2.45) is 5.92 Å².